The lowest BCUT2D eigenvalue weighted by molar-refractivity contribution is -0.117. The number of primary amides is 1. The first-order chi connectivity index (χ1) is 7.70. The smallest absolute Gasteiger partial charge is 0.217 e. The summed E-state index contributed by atoms with van der Waals surface area (Å²) in [7, 11) is 0. The van der Waals surface area contributed by atoms with E-state index in [-0.39, 0.29) is 5.91 Å². The topological polar surface area (TPSA) is 43.1 Å². The number of carbonyl (C=O) groups excluding carboxylic acids is 1. The summed E-state index contributed by atoms with van der Waals surface area (Å²) in [5.74, 6) is -0.242. The van der Waals surface area contributed by atoms with Crippen LogP contribution in [0.5, 0.6) is 0 Å². The fraction of sp³-hybridized carbons (Fsp3) is 0.357. The van der Waals surface area contributed by atoms with E-state index in [0.717, 1.165) is 18.4 Å². The Morgan fingerprint density at radius 2 is 2.00 bits per heavy atom. The number of hydrogen-bond donors (Lipinski definition) is 1. The zero-order valence-electron chi connectivity index (χ0n) is 9.99. The Balaban J connectivity index is 0.000000385. The van der Waals surface area contributed by atoms with Crippen molar-refractivity contribution >= 4 is 5.91 Å². The van der Waals surface area contributed by atoms with E-state index in [1.54, 1.807) is 0 Å². The van der Waals surface area contributed by atoms with Crippen LogP contribution in [0.15, 0.2) is 43.0 Å². The third kappa shape index (κ3) is 9.00. The Hall–Kier alpha value is -1.57. The van der Waals surface area contributed by atoms with Crippen LogP contribution in [0.25, 0.3) is 0 Å². The highest BCUT2D eigenvalue weighted by Gasteiger charge is 1.94. The molecule has 0 atom stereocenters. The van der Waals surface area contributed by atoms with Gasteiger partial charge in [-0.1, -0.05) is 49.8 Å². The van der Waals surface area contributed by atoms with Crippen molar-refractivity contribution in [3.8, 4) is 0 Å². The minimum atomic E-state index is -0.242. The van der Waals surface area contributed by atoms with Crippen LogP contribution < -0.4 is 5.73 Å². The summed E-state index contributed by atoms with van der Waals surface area (Å²) < 4.78 is 0. The summed E-state index contributed by atoms with van der Waals surface area (Å²) in [4.78, 5) is 10.4. The Bertz CT molecular complexity index is 293. The van der Waals surface area contributed by atoms with Gasteiger partial charge in [-0.05, 0) is 18.4 Å². The molecule has 0 unspecified atom stereocenters. The van der Waals surface area contributed by atoms with E-state index >= 15 is 0 Å². The van der Waals surface area contributed by atoms with Crippen LogP contribution in [-0.2, 0) is 11.2 Å². The molecule has 0 aliphatic heterocycles. The summed E-state index contributed by atoms with van der Waals surface area (Å²) in [5, 5.41) is 0. The molecular weight excluding hydrogens is 198 g/mol. The molecule has 0 spiro atoms. The van der Waals surface area contributed by atoms with E-state index in [2.05, 4.69) is 13.5 Å². The Morgan fingerprint density at radius 1 is 1.38 bits per heavy atom. The van der Waals surface area contributed by atoms with Crippen molar-refractivity contribution in [2.24, 2.45) is 5.73 Å². The first-order valence-corrected chi connectivity index (χ1v) is 5.63. The van der Waals surface area contributed by atoms with Gasteiger partial charge in [-0.2, -0.15) is 0 Å². The molecule has 0 saturated heterocycles. The van der Waals surface area contributed by atoms with Gasteiger partial charge in [-0.3, -0.25) is 4.79 Å². The maximum atomic E-state index is 10.4. The van der Waals surface area contributed by atoms with Crippen molar-refractivity contribution in [1.82, 2.24) is 0 Å². The third-order valence-corrected chi connectivity index (χ3v) is 2.00. The first-order valence-electron chi connectivity index (χ1n) is 5.63. The highest BCUT2D eigenvalue weighted by molar-refractivity contribution is 5.73. The average molecular weight is 219 g/mol. The lowest BCUT2D eigenvalue weighted by atomic mass is 10.1. The summed E-state index contributed by atoms with van der Waals surface area (Å²) in [5.41, 5.74) is 6.16. The lowest BCUT2D eigenvalue weighted by Gasteiger charge is -1.96. The van der Waals surface area contributed by atoms with E-state index in [1.165, 1.54) is 6.42 Å². The van der Waals surface area contributed by atoms with E-state index < -0.39 is 0 Å². The number of amides is 1. The largest absolute Gasteiger partial charge is 0.370 e. The predicted molar refractivity (Wildman–Crippen MR) is 69.1 cm³/mol. The number of benzene rings is 1. The Labute approximate surface area is 98.2 Å². The molecule has 0 heterocycles. The van der Waals surface area contributed by atoms with E-state index in [1.807, 2.05) is 36.4 Å². The zero-order valence-corrected chi connectivity index (χ0v) is 9.99. The van der Waals surface area contributed by atoms with Gasteiger partial charge in [0, 0.05) is 6.42 Å². The third-order valence-electron chi connectivity index (χ3n) is 2.00. The minimum absolute atomic E-state index is 0.242. The summed E-state index contributed by atoms with van der Waals surface area (Å²) in [6, 6.07) is 9.84. The van der Waals surface area contributed by atoms with Gasteiger partial charge in [-0.25, -0.2) is 0 Å². The molecule has 2 nitrogen and oxygen atoms in total. The minimum Gasteiger partial charge on any atom is -0.370 e. The van der Waals surface area contributed by atoms with Crippen LogP contribution in [0.1, 0.15) is 31.7 Å². The standard InChI is InChI=1S/C9H11NO.C5H10/c10-9(11)7-6-8-4-2-1-3-5-8;1-3-5-4-2/h1-5H,6-7H2,(H2,10,11);3H,1,4-5H2,2H3. The van der Waals surface area contributed by atoms with Gasteiger partial charge < -0.3 is 5.73 Å². The number of hydrogen-bond acceptors (Lipinski definition) is 1. The summed E-state index contributed by atoms with van der Waals surface area (Å²) in [6.07, 6.45) is 5.49. The van der Waals surface area contributed by atoms with Crippen molar-refractivity contribution in [1.29, 1.82) is 0 Å². The van der Waals surface area contributed by atoms with E-state index in [9.17, 15) is 4.79 Å². The molecule has 88 valence electrons. The molecule has 1 aromatic rings. The monoisotopic (exact) mass is 219 g/mol. The second-order valence-corrected chi connectivity index (χ2v) is 3.53. The van der Waals surface area contributed by atoms with Crippen LogP contribution >= 0.6 is 0 Å². The zero-order chi connectivity index (χ0) is 12.2. The molecule has 1 amide bonds. The van der Waals surface area contributed by atoms with Crippen molar-refractivity contribution in [3.05, 3.63) is 48.6 Å². The molecule has 1 aromatic carbocycles. The predicted octanol–water partition coefficient (Wildman–Crippen LogP) is 3.08. The average Bonchev–Trinajstić information content (AvgIpc) is 2.30. The van der Waals surface area contributed by atoms with E-state index in [0.29, 0.717) is 6.42 Å². The number of aryl methyl sites for hydroxylation is 1. The fourth-order valence-electron chi connectivity index (χ4n) is 1.12. The van der Waals surface area contributed by atoms with Gasteiger partial charge >= 0.3 is 0 Å². The second-order valence-electron chi connectivity index (χ2n) is 3.53. The molecule has 2 heteroatoms. The molecule has 0 aromatic heterocycles. The number of unbranched alkanes of at least 4 members (excludes halogenated alkanes) is 1. The fourth-order valence-corrected chi connectivity index (χ4v) is 1.12. The number of allylic oxidation sites excluding steroid dienone is 1. The SMILES string of the molecule is C=CCCC.NC(=O)CCc1ccccc1. The molecule has 0 saturated carbocycles. The van der Waals surface area contributed by atoms with Gasteiger partial charge in [-0.15, -0.1) is 6.58 Å². The van der Waals surface area contributed by atoms with Crippen LogP contribution in [-0.4, -0.2) is 5.91 Å². The van der Waals surface area contributed by atoms with Crippen LogP contribution in [0.4, 0.5) is 0 Å². The van der Waals surface area contributed by atoms with Crippen molar-refractivity contribution in [2.75, 3.05) is 0 Å². The lowest BCUT2D eigenvalue weighted by Crippen LogP contribution is -2.10. The molecule has 0 aliphatic rings. The normalized spacial score (nSPS) is 8.81. The molecule has 0 radical (unpaired) electrons. The van der Waals surface area contributed by atoms with Crippen LogP contribution in [0.2, 0.25) is 0 Å². The molecule has 0 bridgehead atoms. The van der Waals surface area contributed by atoms with Gasteiger partial charge in [0.25, 0.3) is 0 Å². The summed E-state index contributed by atoms with van der Waals surface area (Å²) in [6.45, 7) is 5.69. The molecular formula is C14H21NO. The van der Waals surface area contributed by atoms with Gasteiger partial charge in [0.2, 0.25) is 5.91 Å². The highest BCUT2D eigenvalue weighted by atomic mass is 16.1. The number of carbonyl (C=O) groups is 1. The summed E-state index contributed by atoms with van der Waals surface area (Å²) >= 11 is 0. The molecule has 1 rings (SSSR count). The maximum Gasteiger partial charge on any atom is 0.217 e. The van der Waals surface area contributed by atoms with Crippen molar-refractivity contribution in [2.45, 2.75) is 32.6 Å². The Kier molecular flexibility index (Phi) is 8.99. The van der Waals surface area contributed by atoms with Gasteiger partial charge in [0.05, 0.1) is 0 Å². The van der Waals surface area contributed by atoms with Gasteiger partial charge in [0.15, 0.2) is 0 Å². The van der Waals surface area contributed by atoms with Gasteiger partial charge in [0.1, 0.15) is 0 Å². The molecule has 16 heavy (non-hydrogen) atoms. The quantitative estimate of drug-likeness (QED) is 0.760. The number of nitrogens with two attached hydrogens (primary N) is 1. The highest BCUT2D eigenvalue weighted by Crippen LogP contribution is 2.00. The van der Waals surface area contributed by atoms with Crippen molar-refractivity contribution in [3.63, 3.8) is 0 Å². The molecule has 2 N–H and O–H groups in total. The molecule has 0 aliphatic carbocycles. The maximum absolute atomic E-state index is 10.4. The van der Waals surface area contributed by atoms with Crippen LogP contribution in [0.3, 0.4) is 0 Å². The van der Waals surface area contributed by atoms with Crippen LogP contribution in [0, 0.1) is 0 Å². The van der Waals surface area contributed by atoms with E-state index in [4.69, 9.17) is 5.73 Å². The first kappa shape index (κ1) is 14.4. The number of rotatable bonds is 5. The molecule has 0 fully saturated rings. The second kappa shape index (κ2) is 9.97. The Morgan fingerprint density at radius 3 is 2.38 bits per heavy atom. The van der Waals surface area contributed by atoms with Crippen molar-refractivity contribution < 1.29 is 4.79 Å².